The molecule has 0 heterocycles. The number of ether oxygens (including phenoxy) is 3. The van der Waals surface area contributed by atoms with Gasteiger partial charge in [0.1, 0.15) is 34.5 Å². The van der Waals surface area contributed by atoms with Gasteiger partial charge in [0.05, 0.1) is 11.1 Å². The Balaban J connectivity index is 0.000000546. The van der Waals surface area contributed by atoms with Crippen molar-refractivity contribution in [3.05, 3.63) is 174 Å². The molecule has 9 heteroatoms. The first kappa shape index (κ1) is 61.0. The van der Waals surface area contributed by atoms with Gasteiger partial charge in [0.25, 0.3) is 0 Å². The van der Waals surface area contributed by atoms with E-state index in [0.29, 0.717) is 36.5 Å². The molecule has 0 atom stereocenters. The molecule has 3 N–H and O–H groups in total. The summed E-state index contributed by atoms with van der Waals surface area (Å²) < 4.78 is 17.8. The van der Waals surface area contributed by atoms with Crippen molar-refractivity contribution in [3.8, 4) is 34.5 Å². The van der Waals surface area contributed by atoms with Crippen molar-refractivity contribution >= 4 is 17.9 Å². The predicted octanol–water partition coefficient (Wildman–Crippen LogP) is 16.5. The number of hydrogen-bond donors (Lipinski definition) is 3. The lowest BCUT2D eigenvalue weighted by atomic mass is 9.81. The number of hydrogen-bond acceptors (Lipinski definition) is 9. The number of phenols is 3. The van der Waals surface area contributed by atoms with E-state index < -0.39 is 11.9 Å². The van der Waals surface area contributed by atoms with Gasteiger partial charge in [-0.3, -0.25) is 4.79 Å². The molecule has 0 aliphatic rings. The minimum atomic E-state index is -0.558. The molecule has 6 rings (SSSR count). The zero-order valence-corrected chi connectivity index (χ0v) is 49.8. The highest BCUT2D eigenvalue weighted by Crippen LogP contribution is 2.43. The molecular formula is C68H86O9. The van der Waals surface area contributed by atoms with Gasteiger partial charge < -0.3 is 29.5 Å². The number of rotatable bonds is 11. The fourth-order valence-electron chi connectivity index (χ4n) is 9.46. The molecule has 0 aliphatic carbocycles. The first-order valence-corrected chi connectivity index (χ1v) is 26.9. The van der Waals surface area contributed by atoms with Crippen molar-refractivity contribution in [1.82, 2.24) is 0 Å². The lowest BCUT2D eigenvalue weighted by Crippen LogP contribution is -2.19. The second-order valence-electron chi connectivity index (χ2n) is 26.1. The van der Waals surface area contributed by atoms with Crippen molar-refractivity contribution in [1.29, 1.82) is 0 Å². The molecule has 0 unspecified atom stereocenters. The third-order valence-electron chi connectivity index (χ3n) is 13.5. The van der Waals surface area contributed by atoms with Crippen LogP contribution >= 0.6 is 0 Å². The number of esters is 3. The van der Waals surface area contributed by atoms with E-state index in [1.165, 1.54) is 0 Å². The fraction of sp³-hybridized carbons (Fsp3) is 0.426. The van der Waals surface area contributed by atoms with E-state index in [0.717, 1.165) is 78.7 Å². The molecule has 0 amide bonds. The van der Waals surface area contributed by atoms with E-state index in [4.69, 9.17) is 14.2 Å². The molecule has 0 spiro atoms. The van der Waals surface area contributed by atoms with Gasteiger partial charge in [0, 0.05) is 47.1 Å². The lowest BCUT2D eigenvalue weighted by molar-refractivity contribution is -0.134. The second kappa shape index (κ2) is 23.4. The smallest absolute Gasteiger partial charge is 0.343 e. The van der Waals surface area contributed by atoms with E-state index in [9.17, 15) is 29.7 Å². The van der Waals surface area contributed by atoms with E-state index in [2.05, 4.69) is 95.2 Å². The van der Waals surface area contributed by atoms with Crippen LogP contribution < -0.4 is 14.2 Å². The highest BCUT2D eigenvalue weighted by Gasteiger charge is 2.30. The average molecular weight is 1050 g/mol. The van der Waals surface area contributed by atoms with E-state index >= 15 is 0 Å². The number of carbonyl (C=O) groups is 3. The SMILES string of the molecule is CCCC(=O)Oc1ccc(O)c(C(C)(C)C)c1.Cc1cc(Cc2cc(C)cc(C(C)(C)C)c2OC(=O)c2ccc(C(=O)Oc3c(Cc4cc(C)cc(C(C)(C)C)c4O)cc(C)cc3C(C)(C)C)cc2)c(O)c(C(C)(C)C)c1. The maximum Gasteiger partial charge on any atom is 0.343 e. The van der Waals surface area contributed by atoms with Crippen molar-refractivity contribution in [3.63, 3.8) is 0 Å². The number of carbonyl (C=O) groups excluding carboxylic acids is 3. The Morgan fingerprint density at radius 2 is 0.727 bits per heavy atom. The van der Waals surface area contributed by atoms with Gasteiger partial charge >= 0.3 is 17.9 Å². The molecule has 0 saturated carbocycles. The number of aryl methyl sites for hydroxylation is 4. The number of benzene rings is 6. The minimum absolute atomic E-state index is 0.183. The standard InChI is InChI=1S/C54H66O6.C14H20O3/c1-31-21-37(45(55)41(25-31)51(5,6)7)29-39-23-33(3)27-43(53(11,12)13)47(39)59-49(57)35-17-19-36(20-18-35)50(58)60-48-40(24-34(4)28-44(48)54(14,15)16)30-38-22-32(2)26-42(46(38)56)52(8,9)10;1-5-6-13(16)17-10-7-8-12(15)11(9-10)14(2,3)4/h17-28,55-56H,29-30H2,1-16H3;7-9,15H,5-6H2,1-4H3. The highest BCUT2D eigenvalue weighted by molar-refractivity contribution is 5.95. The van der Waals surface area contributed by atoms with Crippen LogP contribution in [0.3, 0.4) is 0 Å². The van der Waals surface area contributed by atoms with Gasteiger partial charge in [-0.25, -0.2) is 9.59 Å². The Labute approximate surface area is 460 Å². The van der Waals surface area contributed by atoms with E-state index in [1.54, 1.807) is 42.5 Å². The van der Waals surface area contributed by atoms with Crippen LogP contribution in [-0.2, 0) is 44.7 Å². The fourth-order valence-corrected chi connectivity index (χ4v) is 9.46. The Kier molecular flexibility index (Phi) is 18.5. The summed E-state index contributed by atoms with van der Waals surface area (Å²) in [5.74, 6) is 0.808. The van der Waals surface area contributed by atoms with Gasteiger partial charge in [-0.2, -0.15) is 0 Å². The first-order valence-electron chi connectivity index (χ1n) is 26.9. The Hall–Kier alpha value is -6.87. The first-order chi connectivity index (χ1) is 35.4. The van der Waals surface area contributed by atoms with Gasteiger partial charge in [0.15, 0.2) is 0 Å². The number of aromatic hydroxyl groups is 3. The van der Waals surface area contributed by atoms with Crippen LogP contribution in [0.2, 0.25) is 0 Å². The molecular weight excluding hydrogens is 961 g/mol. The van der Waals surface area contributed by atoms with E-state index in [-0.39, 0.29) is 61.4 Å². The molecule has 0 fully saturated rings. The van der Waals surface area contributed by atoms with Crippen LogP contribution in [0.4, 0.5) is 0 Å². The molecule has 77 heavy (non-hydrogen) atoms. The summed E-state index contributed by atoms with van der Waals surface area (Å²) in [5, 5.41) is 32.7. The molecule has 6 aromatic rings. The lowest BCUT2D eigenvalue weighted by Gasteiger charge is -2.26. The quantitative estimate of drug-likeness (QED) is 0.0855. The molecule has 0 bridgehead atoms. The maximum atomic E-state index is 14.0. The topological polar surface area (TPSA) is 140 Å². The van der Waals surface area contributed by atoms with Crippen LogP contribution in [0.15, 0.2) is 91.0 Å². The molecule has 0 aliphatic heterocycles. The highest BCUT2D eigenvalue weighted by atomic mass is 16.5. The average Bonchev–Trinajstić information content (AvgIpc) is 3.29. The third kappa shape index (κ3) is 15.6. The minimum Gasteiger partial charge on any atom is -0.508 e. The van der Waals surface area contributed by atoms with Gasteiger partial charge in [-0.15, -0.1) is 0 Å². The van der Waals surface area contributed by atoms with Crippen LogP contribution in [-0.4, -0.2) is 33.2 Å². The second-order valence-corrected chi connectivity index (χ2v) is 26.1. The van der Waals surface area contributed by atoms with Gasteiger partial charge in [-0.05, 0) is 126 Å². The predicted molar refractivity (Wildman–Crippen MR) is 312 cm³/mol. The third-order valence-corrected chi connectivity index (χ3v) is 13.5. The molecule has 0 aromatic heterocycles. The summed E-state index contributed by atoms with van der Waals surface area (Å²) in [7, 11) is 0. The molecule has 0 saturated heterocycles. The van der Waals surface area contributed by atoms with Crippen molar-refractivity contribution in [2.24, 2.45) is 0 Å². The van der Waals surface area contributed by atoms with Crippen LogP contribution in [0.1, 0.15) is 217 Å². The van der Waals surface area contributed by atoms with Crippen LogP contribution in [0, 0.1) is 27.7 Å². The van der Waals surface area contributed by atoms with Crippen molar-refractivity contribution < 1.29 is 43.9 Å². The van der Waals surface area contributed by atoms with E-state index in [1.807, 2.05) is 91.8 Å². The van der Waals surface area contributed by atoms with Crippen molar-refractivity contribution in [2.75, 3.05) is 0 Å². The summed E-state index contributed by atoms with van der Waals surface area (Å²) >= 11 is 0. The van der Waals surface area contributed by atoms with Gasteiger partial charge in [-0.1, -0.05) is 182 Å². The maximum absolute atomic E-state index is 14.0. The summed E-state index contributed by atoms with van der Waals surface area (Å²) in [6, 6.07) is 27.4. The Morgan fingerprint density at radius 1 is 0.403 bits per heavy atom. The Bertz CT molecular complexity index is 2960. The molecule has 0 radical (unpaired) electrons. The van der Waals surface area contributed by atoms with Crippen LogP contribution in [0.25, 0.3) is 0 Å². The zero-order chi connectivity index (χ0) is 57.9. The summed E-state index contributed by atoms with van der Waals surface area (Å²) in [5.41, 5.74) is 10.7. The van der Waals surface area contributed by atoms with Gasteiger partial charge in [0.2, 0.25) is 0 Å². The van der Waals surface area contributed by atoms with Crippen molar-refractivity contribution in [2.45, 2.75) is 191 Å². The largest absolute Gasteiger partial charge is 0.508 e. The normalized spacial score (nSPS) is 12.2. The molecule has 9 nitrogen and oxygen atoms in total. The molecule has 6 aromatic carbocycles. The molecule has 412 valence electrons. The van der Waals surface area contributed by atoms with Crippen LogP contribution in [0.5, 0.6) is 34.5 Å². The Morgan fingerprint density at radius 3 is 1.05 bits per heavy atom. The summed E-state index contributed by atoms with van der Waals surface area (Å²) in [6.45, 7) is 41.0. The monoisotopic (exact) mass is 1050 g/mol. The number of phenolic OH excluding ortho intramolecular Hbond substituents is 3. The summed E-state index contributed by atoms with van der Waals surface area (Å²) in [4.78, 5) is 39.4. The zero-order valence-electron chi connectivity index (χ0n) is 49.8. The summed E-state index contributed by atoms with van der Waals surface area (Å²) in [6.07, 6.45) is 1.91.